The topological polar surface area (TPSA) is 85.2 Å². The highest BCUT2D eigenvalue weighted by atomic mass is 79.9. The largest absolute Gasteiger partial charge is 0.507 e. The highest BCUT2D eigenvalue weighted by molar-refractivity contribution is 9.10. The number of aromatic hydroxyl groups is 1. The summed E-state index contributed by atoms with van der Waals surface area (Å²) < 4.78 is 0.896. The number of carbonyl (C=O) groups is 1. The predicted molar refractivity (Wildman–Crippen MR) is 106 cm³/mol. The van der Waals surface area contributed by atoms with Gasteiger partial charge in [0.2, 0.25) is 0 Å². The summed E-state index contributed by atoms with van der Waals surface area (Å²) in [7, 11) is 0. The van der Waals surface area contributed by atoms with Crippen LogP contribution in [-0.2, 0) is 4.79 Å². The van der Waals surface area contributed by atoms with E-state index in [9.17, 15) is 15.2 Å². The monoisotopic (exact) mass is 407 g/mol. The molecule has 0 saturated heterocycles. The van der Waals surface area contributed by atoms with Gasteiger partial charge in [0, 0.05) is 32.8 Å². The summed E-state index contributed by atoms with van der Waals surface area (Å²) in [6, 6.07) is 19.5. The van der Waals surface area contributed by atoms with Crippen molar-refractivity contribution in [2.24, 2.45) is 0 Å². The number of nitriles is 1. The van der Waals surface area contributed by atoms with Gasteiger partial charge >= 0.3 is 0 Å². The van der Waals surface area contributed by atoms with Crippen molar-refractivity contribution in [3.8, 4) is 11.8 Å². The third kappa shape index (κ3) is 3.85. The predicted octanol–water partition coefficient (Wildman–Crippen LogP) is 4.77. The Hall–Kier alpha value is -3.30. The highest BCUT2D eigenvalue weighted by Gasteiger charge is 2.10. The number of fused-ring (bicyclic) bond motifs is 1. The second kappa shape index (κ2) is 7.72. The number of carbonyl (C=O) groups excluding carboxylic acids is 1. The molecule has 128 valence electrons. The molecule has 0 heterocycles. The van der Waals surface area contributed by atoms with E-state index in [0.29, 0.717) is 16.8 Å². The van der Waals surface area contributed by atoms with Gasteiger partial charge in [-0.25, -0.2) is 0 Å². The Balaban J connectivity index is 1.82. The van der Waals surface area contributed by atoms with Crippen LogP contribution in [0.25, 0.3) is 10.8 Å². The van der Waals surface area contributed by atoms with E-state index in [1.165, 1.54) is 6.20 Å². The van der Waals surface area contributed by atoms with E-state index in [4.69, 9.17) is 0 Å². The van der Waals surface area contributed by atoms with Gasteiger partial charge in [-0.05, 0) is 36.4 Å². The molecule has 0 radical (unpaired) electrons. The maximum atomic E-state index is 12.3. The number of amides is 1. The lowest BCUT2D eigenvalue weighted by Crippen LogP contribution is -2.14. The Bertz CT molecular complexity index is 1040. The molecule has 1 amide bonds. The summed E-state index contributed by atoms with van der Waals surface area (Å²) >= 11 is 3.33. The van der Waals surface area contributed by atoms with Crippen LogP contribution in [0.3, 0.4) is 0 Å². The van der Waals surface area contributed by atoms with Crippen LogP contribution in [0.1, 0.15) is 0 Å². The number of nitrogens with zero attached hydrogens (tertiary/aromatic N) is 1. The molecule has 0 atom stereocenters. The fourth-order valence-electron chi connectivity index (χ4n) is 2.45. The van der Waals surface area contributed by atoms with Crippen LogP contribution in [0.15, 0.2) is 76.9 Å². The average Bonchev–Trinajstić information content (AvgIpc) is 2.65. The zero-order chi connectivity index (χ0) is 18.5. The van der Waals surface area contributed by atoms with Crippen molar-refractivity contribution in [2.45, 2.75) is 0 Å². The minimum absolute atomic E-state index is 0.0647. The molecule has 26 heavy (non-hydrogen) atoms. The molecule has 0 unspecified atom stereocenters. The van der Waals surface area contributed by atoms with Gasteiger partial charge < -0.3 is 15.7 Å². The van der Waals surface area contributed by atoms with Gasteiger partial charge in [-0.1, -0.05) is 40.2 Å². The van der Waals surface area contributed by atoms with E-state index >= 15 is 0 Å². The third-order valence-electron chi connectivity index (χ3n) is 3.74. The molecule has 0 aliphatic rings. The molecule has 5 nitrogen and oxygen atoms in total. The van der Waals surface area contributed by atoms with Crippen molar-refractivity contribution in [2.75, 3.05) is 10.6 Å². The Morgan fingerprint density at radius 3 is 2.46 bits per heavy atom. The van der Waals surface area contributed by atoms with E-state index in [1.807, 2.05) is 12.1 Å². The summed E-state index contributed by atoms with van der Waals surface area (Å²) in [6.07, 6.45) is 1.35. The number of phenols is 1. The number of halogens is 1. The number of anilines is 2. The molecular formula is C20H14BrN3O2. The maximum absolute atomic E-state index is 12.3. The first kappa shape index (κ1) is 17.5. The number of nitrogens with one attached hydrogen (secondary N) is 2. The van der Waals surface area contributed by atoms with Crippen molar-refractivity contribution in [3.63, 3.8) is 0 Å². The molecule has 3 rings (SSSR count). The van der Waals surface area contributed by atoms with E-state index < -0.39 is 5.91 Å². The minimum atomic E-state index is -0.509. The lowest BCUT2D eigenvalue weighted by molar-refractivity contribution is -0.112. The van der Waals surface area contributed by atoms with Gasteiger partial charge in [-0.2, -0.15) is 5.26 Å². The van der Waals surface area contributed by atoms with E-state index in [0.717, 1.165) is 9.86 Å². The fourth-order valence-corrected chi connectivity index (χ4v) is 2.71. The summed E-state index contributed by atoms with van der Waals surface area (Å²) in [5.74, 6) is -0.339. The first-order valence-corrected chi connectivity index (χ1v) is 8.52. The molecule has 0 spiro atoms. The lowest BCUT2D eigenvalue weighted by atomic mass is 10.1. The van der Waals surface area contributed by atoms with Gasteiger partial charge in [0.05, 0.1) is 0 Å². The highest BCUT2D eigenvalue weighted by Crippen LogP contribution is 2.29. The molecule has 0 aliphatic carbocycles. The second-order valence-electron chi connectivity index (χ2n) is 5.45. The van der Waals surface area contributed by atoms with Gasteiger partial charge in [-0.15, -0.1) is 0 Å². The van der Waals surface area contributed by atoms with E-state index in [1.54, 1.807) is 54.6 Å². The number of hydrogen-bond acceptors (Lipinski definition) is 4. The molecule has 6 heteroatoms. The van der Waals surface area contributed by atoms with E-state index in [-0.39, 0.29) is 11.3 Å². The zero-order valence-corrected chi connectivity index (χ0v) is 15.1. The number of hydrogen-bond donors (Lipinski definition) is 3. The van der Waals surface area contributed by atoms with Crippen LogP contribution in [0.5, 0.6) is 5.75 Å². The molecule has 0 bridgehead atoms. The van der Waals surface area contributed by atoms with Crippen LogP contribution in [-0.4, -0.2) is 11.0 Å². The van der Waals surface area contributed by atoms with Crippen molar-refractivity contribution in [1.82, 2.24) is 0 Å². The van der Waals surface area contributed by atoms with Gasteiger partial charge in [0.15, 0.2) is 0 Å². The molecule has 0 fully saturated rings. The normalized spacial score (nSPS) is 11.0. The number of benzene rings is 3. The van der Waals surface area contributed by atoms with Crippen LogP contribution < -0.4 is 10.6 Å². The Morgan fingerprint density at radius 2 is 1.73 bits per heavy atom. The van der Waals surface area contributed by atoms with Crippen LogP contribution in [0, 0.1) is 11.3 Å². The minimum Gasteiger partial charge on any atom is -0.507 e. The molecule has 0 saturated carbocycles. The first-order valence-electron chi connectivity index (χ1n) is 7.73. The summed E-state index contributed by atoms with van der Waals surface area (Å²) in [4.78, 5) is 12.3. The SMILES string of the molecule is N#C/C(=C/Nc1cccc2c(O)cccc12)C(=O)Nc1ccc(Br)cc1. The fraction of sp³-hybridized carbons (Fsp3) is 0. The number of rotatable bonds is 4. The van der Waals surface area contributed by atoms with Gasteiger partial charge in [0.25, 0.3) is 5.91 Å². The van der Waals surface area contributed by atoms with Crippen molar-refractivity contribution < 1.29 is 9.90 Å². The molecule has 0 aliphatic heterocycles. The van der Waals surface area contributed by atoms with Crippen LogP contribution >= 0.6 is 15.9 Å². The number of phenolic OH excluding ortho intramolecular Hbond substituents is 1. The Kier molecular flexibility index (Phi) is 5.20. The standard InChI is InChI=1S/C20H14BrN3O2/c21-14-7-9-15(10-8-14)24-20(26)13(11-22)12-23-18-5-1-4-17-16(18)3-2-6-19(17)25/h1-10,12,23,25H,(H,24,26)/b13-12-. The molecule has 0 aromatic heterocycles. The first-order chi connectivity index (χ1) is 12.6. The molecular weight excluding hydrogens is 394 g/mol. The molecule has 3 aromatic carbocycles. The van der Waals surface area contributed by atoms with Crippen LogP contribution in [0.4, 0.5) is 11.4 Å². The van der Waals surface area contributed by atoms with Crippen molar-refractivity contribution >= 4 is 44.0 Å². The molecule has 3 N–H and O–H groups in total. The lowest BCUT2D eigenvalue weighted by Gasteiger charge is -2.08. The van der Waals surface area contributed by atoms with Crippen molar-refractivity contribution in [3.05, 3.63) is 76.9 Å². The average molecular weight is 408 g/mol. The maximum Gasteiger partial charge on any atom is 0.267 e. The van der Waals surface area contributed by atoms with Gasteiger partial charge in [0.1, 0.15) is 17.4 Å². The summed E-state index contributed by atoms with van der Waals surface area (Å²) in [6.45, 7) is 0. The summed E-state index contributed by atoms with van der Waals surface area (Å²) in [5, 5.41) is 26.3. The zero-order valence-electron chi connectivity index (χ0n) is 13.5. The Morgan fingerprint density at radius 1 is 1.04 bits per heavy atom. The quantitative estimate of drug-likeness (QED) is 0.429. The van der Waals surface area contributed by atoms with Crippen LogP contribution in [0.2, 0.25) is 0 Å². The third-order valence-corrected chi connectivity index (χ3v) is 4.27. The Labute approximate surface area is 158 Å². The van der Waals surface area contributed by atoms with E-state index in [2.05, 4.69) is 26.6 Å². The smallest absolute Gasteiger partial charge is 0.267 e. The summed E-state index contributed by atoms with van der Waals surface area (Å²) in [5.41, 5.74) is 1.21. The van der Waals surface area contributed by atoms with Crippen molar-refractivity contribution in [1.29, 1.82) is 5.26 Å². The second-order valence-corrected chi connectivity index (χ2v) is 6.37. The molecule has 3 aromatic rings. The van der Waals surface area contributed by atoms with Gasteiger partial charge in [-0.3, -0.25) is 4.79 Å².